The number of fused-ring (bicyclic) bond motifs is 1. The van der Waals surface area contributed by atoms with Crippen LogP contribution in [0, 0.1) is 0 Å². The summed E-state index contributed by atoms with van der Waals surface area (Å²) in [6.45, 7) is 5.09. The molecule has 6 nitrogen and oxygen atoms in total. The van der Waals surface area contributed by atoms with Crippen LogP contribution < -0.4 is 19.9 Å². The van der Waals surface area contributed by atoms with Gasteiger partial charge in [-0.25, -0.2) is 0 Å². The van der Waals surface area contributed by atoms with Crippen molar-refractivity contribution in [3.63, 3.8) is 0 Å². The van der Waals surface area contributed by atoms with E-state index in [2.05, 4.69) is 4.99 Å². The highest BCUT2D eigenvalue weighted by atomic mass is 35.5. The first kappa shape index (κ1) is 20.7. The molecule has 1 aliphatic heterocycles. The van der Waals surface area contributed by atoms with Crippen molar-refractivity contribution < 1.29 is 18.9 Å². The monoisotopic (exact) mass is 376 g/mol. The summed E-state index contributed by atoms with van der Waals surface area (Å²) in [5.74, 6) is 3.17. The van der Waals surface area contributed by atoms with Crippen molar-refractivity contribution in [1.29, 1.82) is 0 Å². The number of aliphatic imine (C=N–C) groups is 1. The van der Waals surface area contributed by atoms with E-state index < -0.39 is 0 Å². The maximum atomic E-state index is 5.84. The second-order valence-corrected chi connectivity index (χ2v) is 5.95. The van der Waals surface area contributed by atoms with Gasteiger partial charge in [0.2, 0.25) is 6.79 Å². The zero-order valence-corrected chi connectivity index (χ0v) is 15.5. The molecule has 8 heteroatoms. The molecule has 2 N–H and O–H groups in total. The third kappa shape index (κ3) is 7.51. The lowest BCUT2D eigenvalue weighted by molar-refractivity contribution is 0.146. The predicted molar refractivity (Wildman–Crippen MR) is 100.0 cm³/mol. The van der Waals surface area contributed by atoms with E-state index in [-0.39, 0.29) is 19.2 Å². The van der Waals surface area contributed by atoms with Crippen LogP contribution in [0.25, 0.3) is 0 Å². The van der Waals surface area contributed by atoms with Crippen LogP contribution in [0.4, 0.5) is 0 Å². The van der Waals surface area contributed by atoms with Gasteiger partial charge in [0.25, 0.3) is 0 Å². The summed E-state index contributed by atoms with van der Waals surface area (Å²) in [5, 5.41) is 0.629. The van der Waals surface area contributed by atoms with E-state index in [4.69, 9.17) is 24.7 Å². The molecule has 1 heterocycles. The van der Waals surface area contributed by atoms with Crippen molar-refractivity contribution in [3.8, 4) is 17.2 Å². The highest BCUT2D eigenvalue weighted by molar-refractivity contribution is 8.13. The smallest absolute Gasteiger partial charge is 0.231 e. The molecule has 0 saturated heterocycles. The van der Waals surface area contributed by atoms with Crippen LogP contribution in [0.5, 0.6) is 17.2 Å². The molecule has 0 spiro atoms. The number of amidine groups is 1. The second kappa shape index (κ2) is 12.1. The molecule has 0 unspecified atom stereocenters. The van der Waals surface area contributed by atoms with Gasteiger partial charge in [-0.05, 0) is 31.9 Å². The van der Waals surface area contributed by atoms with Gasteiger partial charge >= 0.3 is 0 Å². The van der Waals surface area contributed by atoms with Crippen LogP contribution >= 0.6 is 24.2 Å². The zero-order chi connectivity index (χ0) is 16.3. The standard InChI is InChI=1S/C16H24N2O4S.ClH/c1-2-19-8-3-7-18-16(17)23-10-4-9-20-13-5-6-14-15(11-13)22-12-21-14;/h5-6,11H,2-4,7-10,12H2,1H3,(H2,17,18);1H. The van der Waals surface area contributed by atoms with Crippen molar-refractivity contribution in [3.05, 3.63) is 18.2 Å². The highest BCUT2D eigenvalue weighted by Crippen LogP contribution is 2.35. The lowest BCUT2D eigenvalue weighted by Crippen LogP contribution is -2.10. The quantitative estimate of drug-likeness (QED) is 0.384. The fourth-order valence-electron chi connectivity index (χ4n) is 1.94. The maximum absolute atomic E-state index is 5.84. The second-order valence-electron chi connectivity index (χ2n) is 4.84. The van der Waals surface area contributed by atoms with Crippen molar-refractivity contribution in [2.24, 2.45) is 10.7 Å². The van der Waals surface area contributed by atoms with E-state index in [0.29, 0.717) is 18.3 Å². The van der Waals surface area contributed by atoms with E-state index in [1.54, 1.807) is 11.8 Å². The third-order valence-electron chi connectivity index (χ3n) is 3.07. The van der Waals surface area contributed by atoms with Crippen LogP contribution in [-0.4, -0.2) is 44.1 Å². The third-order valence-corrected chi connectivity index (χ3v) is 3.99. The molecule has 0 saturated carbocycles. The SMILES string of the molecule is CCOCCCN=C(N)SCCCOc1ccc2c(c1)OCO2.Cl. The summed E-state index contributed by atoms with van der Waals surface area (Å²) in [5.41, 5.74) is 5.84. The lowest BCUT2D eigenvalue weighted by atomic mass is 10.3. The minimum absolute atomic E-state index is 0. The minimum atomic E-state index is 0. The minimum Gasteiger partial charge on any atom is -0.493 e. The molecule has 1 aliphatic rings. The number of thioether (sulfide) groups is 1. The van der Waals surface area contributed by atoms with E-state index >= 15 is 0 Å². The fraction of sp³-hybridized carbons (Fsp3) is 0.562. The van der Waals surface area contributed by atoms with Crippen LogP contribution in [0.15, 0.2) is 23.2 Å². The molecule has 0 bridgehead atoms. The Hall–Kier alpha value is -1.31. The van der Waals surface area contributed by atoms with Crippen LogP contribution in [0.2, 0.25) is 0 Å². The number of nitrogens with zero attached hydrogens (tertiary/aromatic N) is 1. The number of halogens is 1. The average molecular weight is 377 g/mol. The zero-order valence-electron chi connectivity index (χ0n) is 13.9. The Kier molecular flexibility index (Phi) is 10.5. The molecule has 0 aromatic heterocycles. The topological polar surface area (TPSA) is 75.3 Å². The average Bonchev–Trinajstić information content (AvgIpc) is 3.02. The van der Waals surface area contributed by atoms with E-state index in [1.165, 1.54) is 0 Å². The highest BCUT2D eigenvalue weighted by Gasteiger charge is 2.13. The molecule has 1 aromatic carbocycles. The fourth-order valence-corrected chi connectivity index (χ4v) is 2.59. The first-order valence-corrected chi connectivity index (χ1v) is 8.81. The molecule has 0 aliphatic carbocycles. The summed E-state index contributed by atoms with van der Waals surface area (Å²) in [7, 11) is 0. The Labute approximate surface area is 153 Å². The van der Waals surface area contributed by atoms with Gasteiger partial charge in [0.05, 0.1) is 6.61 Å². The van der Waals surface area contributed by atoms with Gasteiger partial charge in [-0.2, -0.15) is 0 Å². The number of hydrogen-bond donors (Lipinski definition) is 1. The largest absolute Gasteiger partial charge is 0.493 e. The predicted octanol–water partition coefficient (Wildman–Crippen LogP) is 3.08. The molecule has 136 valence electrons. The maximum Gasteiger partial charge on any atom is 0.231 e. The van der Waals surface area contributed by atoms with Gasteiger partial charge < -0.3 is 24.7 Å². The van der Waals surface area contributed by atoms with Gasteiger partial charge in [0, 0.05) is 31.6 Å². The summed E-state index contributed by atoms with van der Waals surface area (Å²) >= 11 is 1.56. The number of ether oxygens (including phenoxy) is 4. The molecule has 24 heavy (non-hydrogen) atoms. The molecule has 1 aromatic rings. The van der Waals surface area contributed by atoms with Gasteiger partial charge in [-0.3, -0.25) is 4.99 Å². The van der Waals surface area contributed by atoms with Crippen molar-refractivity contribution in [2.45, 2.75) is 19.8 Å². The molecular weight excluding hydrogens is 352 g/mol. The van der Waals surface area contributed by atoms with E-state index in [1.807, 2.05) is 25.1 Å². The Balaban J connectivity index is 0.00000288. The summed E-state index contributed by atoms with van der Waals surface area (Å²) < 4.78 is 21.5. The molecule has 0 atom stereocenters. The molecule has 0 fully saturated rings. The summed E-state index contributed by atoms with van der Waals surface area (Å²) in [4.78, 5) is 4.30. The van der Waals surface area contributed by atoms with Crippen molar-refractivity contribution in [2.75, 3.05) is 38.9 Å². The Morgan fingerprint density at radius 1 is 1.25 bits per heavy atom. The van der Waals surface area contributed by atoms with Crippen LogP contribution in [0.3, 0.4) is 0 Å². The summed E-state index contributed by atoms with van der Waals surface area (Å²) in [6.07, 6.45) is 1.80. The number of rotatable bonds is 10. The van der Waals surface area contributed by atoms with E-state index in [0.717, 1.165) is 49.1 Å². The van der Waals surface area contributed by atoms with Crippen molar-refractivity contribution in [1.82, 2.24) is 0 Å². The van der Waals surface area contributed by atoms with Gasteiger partial charge in [0.1, 0.15) is 5.75 Å². The molecule has 0 amide bonds. The number of hydrogen-bond acceptors (Lipinski definition) is 6. The number of nitrogens with two attached hydrogens (primary N) is 1. The Morgan fingerprint density at radius 2 is 2.08 bits per heavy atom. The normalized spacial score (nSPS) is 12.8. The van der Waals surface area contributed by atoms with E-state index in [9.17, 15) is 0 Å². The molecule has 2 rings (SSSR count). The van der Waals surface area contributed by atoms with Crippen LogP contribution in [-0.2, 0) is 4.74 Å². The number of benzene rings is 1. The van der Waals surface area contributed by atoms with Gasteiger partial charge in [-0.1, -0.05) is 11.8 Å². The van der Waals surface area contributed by atoms with Gasteiger partial charge in [0.15, 0.2) is 16.7 Å². The summed E-state index contributed by atoms with van der Waals surface area (Å²) in [6, 6.07) is 5.60. The van der Waals surface area contributed by atoms with Gasteiger partial charge in [-0.15, -0.1) is 12.4 Å². The first-order valence-electron chi connectivity index (χ1n) is 7.82. The lowest BCUT2D eigenvalue weighted by Gasteiger charge is -2.07. The molecular formula is C16H25ClN2O4S. The van der Waals surface area contributed by atoms with Crippen LogP contribution in [0.1, 0.15) is 19.8 Å². The molecule has 0 radical (unpaired) electrons. The Morgan fingerprint density at radius 3 is 2.92 bits per heavy atom. The Bertz CT molecular complexity index is 517. The first-order chi connectivity index (χ1) is 11.3. The van der Waals surface area contributed by atoms with Crippen molar-refractivity contribution >= 4 is 29.3 Å².